The molecule has 1 aromatic carbocycles. The van der Waals surface area contributed by atoms with E-state index in [4.69, 9.17) is 4.98 Å². The Hall–Kier alpha value is -3.33. The zero-order chi connectivity index (χ0) is 20.0. The lowest BCUT2D eigenvalue weighted by molar-refractivity contribution is -0.384. The Morgan fingerprint density at radius 3 is 2.62 bits per heavy atom. The van der Waals surface area contributed by atoms with Crippen LogP contribution in [0.1, 0.15) is 4.88 Å². The number of aryl methyl sites for hydroxylation is 1. The fourth-order valence-electron chi connectivity index (χ4n) is 3.75. The fourth-order valence-corrected chi connectivity index (χ4v) is 4.60. The SMILES string of the molecule is Cc1cc2c(N3CCN(c4ccc5cc([N+](=O)[O-])ccc5n4)CC3)ncnc2s1. The summed E-state index contributed by atoms with van der Waals surface area (Å²) in [6.07, 6.45) is 1.64. The number of fused-ring (bicyclic) bond motifs is 2. The van der Waals surface area contributed by atoms with Crippen LogP contribution >= 0.6 is 11.3 Å². The van der Waals surface area contributed by atoms with Crippen molar-refractivity contribution in [1.29, 1.82) is 0 Å². The molecule has 0 radical (unpaired) electrons. The lowest BCUT2D eigenvalue weighted by Crippen LogP contribution is -2.47. The number of piperazine rings is 1. The summed E-state index contributed by atoms with van der Waals surface area (Å²) in [5.41, 5.74) is 0.849. The number of nitro benzene ring substituents is 1. The minimum Gasteiger partial charge on any atom is -0.353 e. The zero-order valence-corrected chi connectivity index (χ0v) is 16.6. The van der Waals surface area contributed by atoms with E-state index < -0.39 is 0 Å². The van der Waals surface area contributed by atoms with Crippen LogP contribution in [-0.2, 0) is 0 Å². The van der Waals surface area contributed by atoms with Crippen LogP contribution in [0.3, 0.4) is 0 Å². The van der Waals surface area contributed by atoms with Gasteiger partial charge in [0.25, 0.3) is 5.69 Å². The van der Waals surface area contributed by atoms with E-state index >= 15 is 0 Å². The Balaban J connectivity index is 1.36. The molecule has 1 aliphatic rings. The second-order valence-electron chi connectivity index (χ2n) is 7.05. The molecular weight excluding hydrogens is 388 g/mol. The maximum Gasteiger partial charge on any atom is 0.270 e. The van der Waals surface area contributed by atoms with Crippen LogP contribution < -0.4 is 9.80 Å². The minimum absolute atomic E-state index is 0.0838. The van der Waals surface area contributed by atoms with Crippen LogP contribution in [0, 0.1) is 17.0 Å². The van der Waals surface area contributed by atoms with Crippen LogP contribution in [0.4, 0.5) is 17.3 Å². The first-order valence-corrected chi connectivity index (χ1v) is 10.2. The molecule has 0 amide bonds. The Morgan fingerprint density at radius 2 is 1.83 bits per heavy atom. The Kier molecular flexibility index (Phi) is 4.24. The number of benzene rings is 1. The molecule has 0 aliphatic carbocycles. The van der Waals surface area contributed by atoms with Crippen molar-refractivity contribution in [2.75, 3.05) is 36.0 Å². The third-order valence-corrected chi connectivity index (χ3v) is 6.16. The molecular formula is C20H18N6O2S. The van der Waals surface area contributed by atoms with E-state index in [-0.39, 0.29) is 10.6 Å². The first kappa shape index (κ1) is 17.7. The molecule has 29 heavy (non-hydrogen) atoms. The van der Waals surface area contributed by atoms with Crippen LogP contribution in [0.5, 0.6) is 0 Å². The van der Waals surface area contributed by atoms with Crippen molar-refractivity contribution in [3.05, 3.63) is 57.7 Å². The van der Waals surface area contributed by atoms with Gasteiger partial charge in [-0.05, 0) is 31.2 Å². The highest BCUT2D eigenvalue weighted by molar-refractivity contribution is 7.18. The molecule has 5 rings (SSSR count). The van der Waals surface area contributed by atoms with Gasteiger partial charge in [0.15, 0.2) is 0 Å². The fraction of sp³-hybridized carbons (Fsp3) is 0.250. The molecule has 0 unspecified atom stereocenters. The average Bonchev–Trinajstić information content (AvgIpc) is 3.13. The summed E-state index contributed by atoms with van der Waals surface area (Å²) in [5, 5.41) is 12.8. The highest BCUT2D eigenvalue weighted by Gasteiger charge is 2.21. The van der Waals surface area contributed by atoms with Gasteiger partial charge in [0.05, 0.1) is 15.8 Å². The van der Waals surface area contributed by atoms with E-state index in [0.717, 1.165) is 58.9 Å². The molecule has 146 valence electrons. The summed E-state index contributed by atoms with van der Waals surface area (Å²) in [7, 11) is 0. The Bertz CT molecular complexity index is 1230. The molecule has 0 bridgehead atoms. The van der Waals surface area contributed by atoms with Crippen LogP contribution in [0.15, 0.2) is 42.7 Å². The summed E-state index contributed by atoms with van der Waals surface area (Å²) in [5.74, 6) is 1.89. The first-order chi connectivity index (χ1) is 14.1. The molecule has 4 aromatic rings. The minimum atomic E-state index is -0.383. The molecule has 0 spiro atoms. The molecule has 4 heterocycles. The lowest BCUT2D eigenvalue weighted by atomic mass is 10.2. The molecule has 3 aromatic heterocycles. The largest absolute Gasteiger partial charge is 0.353 e. The van der Waals surface area contributed by atoms with Crippen molar-refractivity contribution in [2.24, 2.45) is 0 Å². The number of rotatable bonds is 3. The Morgan fingerprint density at radius 1 is 1.03 bits per heavy atom. The monoisotopic (exact) mass is 406 g/mol. The van der Waals surface area contributed by atoms with E-state index in [9.17, 15) is 10.1 Å². The number of pyridine rings is 1. The predicted molar refractivity (Wildman–Crippen MR) is 115 cm³/mol. The summed E-state index contributed by atoms with van der Waals surface area (Å²) in [4.78, 5) is 31.0. The van der Waals surface area contributed by atoms with Crippen LogP contribution in [0.25, 0.3) is 21.1 Å². The molecule has 0 atom stereocenters. The molecule has 0 saturated carbocycles. The molecule has 8 nitrogen and oxygen atoms in total. The number of non-ortho nitro benzene ring substituents is 1. The molecule has 0 N–H and O–H groups in total. The van der Waals surface area contributed by atoms with Gasteiger partial charge in [-0.15, -0.1) is 11.3 Å². The van der Waals surface area contributed by atoms with Gasteiger partial charge in [-0.2, -0.15) is 0 Å². The topological polar surface area (TPSA) is 88.3 Å². The Labute approximate surface area is 170 Å². The number of thiophene rings is 1. The summed E-state index contributed by atoms with van der Waals surface area (Å²) in [6.45, 7) is 5.45. The smallest absolute Gasteiger partial charge is 0.270 e. The van der Waals surface area contributed by atoms with Crippen LogP contribution in [0.2, 0.25) is 0 Å². The van der Waals surface area contributed by atoms with Gasteiger partial charge in [-0.1, -0.05) is 0 Å². The predicted octanol–water partition coefficient (Wildman–Crippen LogP) is 3.78. The number of anilines is 2. The highest BCUT2D eigenvalue weighted by atomic mass is 32.1. The molecule has 1 saturated heterocycles. The number of nitrogens with zero attached hydrogens (tertiary/aromatic N) is 6. The van der Waals surface area contributed by atoms with Gasteiger partial charge >= 0.3 is 0 Å². The number of hydrogen-bond donors (Lipinski definition) is 0. The maximum absolute atomic E-state index is 11.0. The van der Waals surface area contributed by atoms with E-state index in [1.165, 1.54) is 10.9 Å². The van der Waals surface area contributed by atoms with Crippen molar-refractivity contribution >= 4 is 49.8 Å². The maximum atomic E-state index is 11.0. The second-order valence-corrected chi connectivity index (χ2v) is 8.29. The summed E-state index contributed by atoms with van der Waals surface area (Å²) >= 11 is 1.69. The molecule has 1 fully saturated rings. The number of aromatic nitrogens is 3. The number of nitro groups is 1. The normalized spacial score (nSPS) is 14.7. The standard InChI is InChI=1S/C20H18N6O2S/c1-13-10-16-19(21-12-22-20(16)29-13)25-8-6-24(7-9-25)18-5-2-14-11-15(26(27)28)3-4-17(14)23-18/h2-5,10-12H,6-9H2,1H3. The van der Waals surface area contributed by atoms with E-state index in [0.29, 0.717) is 0 Å². The van der Waals surface area contributed by atoms with Gasteiger partial charge in [0.2, 0.25) is 0 Å². The third-order valence-electron chi connectivity index (χ3n) is 5.20. The number of hydrogen-bond acceptors (Lipinski definition) is 8. The van der Waals surface area contributed by atoms with Crippen LogP contribution in [-0.4, -0.2) is 46.1 Å². The van der Waals surface area contributed by atoms with Gasteiger partial charge in [0.1, 0.15) is 22.8 Å². The molecule has 9 heteroatoms. The van der Waals surface area contributed by atoms with Crippen molar-refractivity contribution < 1.29 is 4.92 Å². The summed E-state index contributed by atoms with van der Waals surface area (Å²) in [6, 6.07) is 10.8. The van der Waals surface area contributed by atoms with E-state index in [2.05, 4.69) is 32.8 Å². The van der Waals surface area contributed by atoms with Crippen molar-refractivity contribution in [2.45, 2.75) is 6.92 Å². The van der Waals surface area contributed by atoms with E-state index in [1.54, 1.807) is 29.8 Å². The van der Waals surface area contributed by atoms with Gasteiger partial charge in [-0.25, -0.2) is 15.0 Å². The second kappa shape index (κ2) is 6.93. The van der Waals surface area contributed by atoms with Gasteiger partial charge < -0.3 is 9.80 Å². The zero-order valence-electron chi connectivity index (χ0n) is 15.8. The van der Waals surface area contributed by atoms with Crippen molar-refractivity contribution in [3.63, 3.8) is 0 Å². The van der Waals surface area contributed by atoms with E-state index in [1.807, 2.05) is 12.1 Å². The van der Waals surface area contributed by atoms with Crippen molar-refractivity contribution in [1.82, 2.24) is 15.0 Å². The highest BCUT2D eigenvalue weighted by Crippen LogP contribution is 2.31. The summed E-state index contributed by atoms with van der Waals surface area (Å²) < 4.78 is 0. The quantitative estimate of drug-likeness (QED) is 0.378. The lowest BCUT2D eigenvalue weighted by Gasteiger charge is -2.36. The molecule has 1 aliphatic heterocycles. The average molecular weight is 406 g/mol. The van der Waals surface area contributed by atoms with Gasteiger partial charge in [0, 0.05) is 48.6 Å². The first-order valence-electron chi connectivity index (χ1n) is 9.35. The third kappa shape index (κ3) is 3.23. The van der Waals surface area contributed by atoms with Gasteiger partial charge in [-0.3, -0.25) is 10.1 Å². The van der Waals surface area contributed by atoms with Crippen molar-refractivity contribution in [3.8, 4) is 0 Å².